The summed E-state index contributed by atoms with van der Waals surface area (Å²) in [6, 6.07) is 16.4. The first kappa shape index (κ1) is 45.7. The van der Waals surface area contributed by atoms with Crippen LogP contribution in [0.15, 0.2) is 84.9 Å². The topological polar surface area (TPSA) is 386 Å². The first-order chi connectivity index (χ1) is 30.6. The molecular weight excluding hydrogens is 864 g/mol. The molecule has 0 aliphatic carbocycles. The summed E-state index contributed by atoms with van der Waals surface area (Å²) in [4.78, 5) is 23.5. The second kappa shape index (κ2) is 18.3. The predicted molar refractivity (Wildman–Crippen MR) is 218 cm³/mol. The normalized spacial score (nSPS) is 17.0. The molecule has 0 spiro atoms. The van der Waals surface area contributed by atoms with Gasteiger partial charge < -0.3 is 95.9 Å². The number of aromatic hydroxyl groups is 14. The van der Waals surface area contributed by atoms with E-state index in [9.17, 15) is 81.1 Å². The minimum Gasteiger partial charge on any atom is -0.508 e. The number of carbonyl (C=O) groups is 2. The van der Waals surface area contributed by atoms with Gasteiger partial charge in [0.1, 0.15) is 46.7 Å². The molecule has 6 aromatic carbocycles. The molecule has 2 aliphatic heterocycles. The Balaban J connectivity index is 0.000000162. The van der Waals surface area contributed by atoms with Crippen LogP contribution >= 0.6 is 0 Å². The Morgan fingerprint density at radius 1 is 0.415 bits per heavy atom. The van der Waals surface area contributed by atoms with Crippen molar-refractivity contribution < 1.29 is 106 Å². The van der Waals surface area contributed by atoms with Gasteiger partial charge in [0, 0.05) is 48.2 Å². The van der Waals surface area contributed by atoms with Crippen molar-refractivity contribution in [2.45, 2.75) is 37.3 Å². The maximum absolute atomic E-state index is 11.8. The molecule has 0 aromatic heterocycles. The standard InChI is InChI=1S/2C15H14O6.C14H10O9/c2*16-8-4-11(18)9-6-13(20)15(21-14(9)5-8)7-1-2-10(17)12(19)3-7;15-7-1-5(2-8(16)11(7)19)13(21)23-14(22)6-3-9(17)12(20)10(18)4-6/h2*1-5,13,15-20H,6H2;1-4,15-20H/t2*13-,15+;/m00./s1. The number of carbonyl (C=O) groups excluding carboxylic acids is 2. The molecule has 21 nitrogen and oxygen atoms in total. The molecular formula is C44H38O21. The maximum Gasteiger partial charge on any atom is 0.346 e. The Morgan fingerprint density at radius 3 is 1.08 bits per heavy atom. The fourth-order valence-electron chi connectivity index (χ4n) is 6.58. The SMILES string of the molecule is O=C(OC(=O)c1cc(O)c(O)c(O)c1)c1cc(O)c(O)c(O)c1.Oc1cc(O)c2c(c1)O[C@H](c1ccc(O)c(O)c1)[C@@H](O)C2.Oc1cc(O)c2c(c1)O[C@H](c1ccc(O)c(O)c1)[C@@H](O)C2. The molecule has 2 aliphatic rings. The molecule has 0 saturated carbocycles. The smallest absolute Gasteiger partial charge is 0.346 e. The molecule has 2 heterocycles. The van der Waals surface area contributed by atoms with E-state index in [2.05, 4.69) is 4.74 Å². The van der Waals surface area contributed by atoms with Crippen molar-refractivity contribution in [2.75, 3.05) is 0 Å². The lowest BCUT2D eigenvalue weighted by Gasteiger charge is -2.31. The van der Waals surface area contributed by atoms with Crippen LogP contribution in [0.1, 0.15) is 55.2 Å². The van der Waals surface area contributed by atoms with Crippen molar-refractivity contribution >= 4 is 11.9 Å². The van der Waals surface area contributed by atoms with Crippen LogP contribution in [0.25, 0.3) is 0 Å². The number of ether oxygens (including phenoxy) is 3. The Morgan fingerprint density at radius 2 is 0.754 bits per heavy atom. The van der Waals surface area contributed by atoms with Crippen LogP contribution in [-0.4, -0.2) is 106 Å². The van der Waals surface area contributed by atoms with Crippen LogP contribution in [0.5, 0.6) is 92.0 Å². The quantitative estimate of drug-likeness (QED) is 0.0675. The number of hydrogen-bond donors (Lipinski definition) is 16. The zero-order valence-corrected chi connectivity index (χ0v) is 33.0. The van der Waals surface area contributed by atoms with Gasteiger partial charge in [-0.15, -0.1) is 0 Å². The Bertz CT molecular complexity index is 2570. The lowest BCUT2D eigenvalue weighted by atomic mass is 9.94. The number of benzene rings is 6. The van der Waals surface area contributed by atoms with Crippen molar-refractivity contribution in [1.29, 1.82) is 0 Å². The summed E-state index contributed by atoms with van der Waals surface area (Å²) in [6.07, 6.45) is -3.12. The van der Waals surface area contributed by atoms with E-state index < -0.39 is 82.0 Å². The maximum atomic E-state index is 11.8. The third-order valence-electron chi connectivity index (χ3n) is 9.83. The molecule has 8 rings (SSSR count). The highest BCUT2D eigenvalue weighted by Crippen LogP contribution is 2.45. The first-order valence-electron chi connectivity index (χ1n) is 18.7. The minimum absolute atomic E-state index is 0.143. The van der Waals surface area contributed by atoms with Gasteiger partial charge in [-0.1, -0.05) is 12.1 Å². The van der Waals surface area contributed by atoms with Crippen molar-refractivity contribution in [2.24, 2.45) is 0 Å². The largest absolute Gasteiger partial charge is 0.508 e. The molecule has 21 heteroatoms. The second-order valence-electron chi connectivity index (χ2n) is 14.4. The Kier molecular flexibility index (Phi) is 12.8. The number of hydrogen-bond acceptors (Lipinski definition) is 21. The minimum atomic E-state index is -1.27. The summed E-state index contributed by atoms with van der Waals surface area (Å²) in [5.74, 6) is -8.62. The van der Waals surface area contributed by atoms with Crippen molar-refractivity contribution in [3.05, 3.63) is 118 Å². The Hall–Kier alpha value is -8.82. The van der Waals surface area contributed by atoms with Crippen LogP contribution in [0.2, 0.25) is 0 Å². The Labute approximate surface area is 364 Å². The van der Waals surface area contributed by atoms with E-state index in [1.54, 1.807) is 0 Å². The zero-order valence-electron chi connectivity index (χ0n) is 33.0. The lowest BCUT2D eigenvalue weighted by Crippen LogP contribution is -2.30. The summed E-state index contributed by atoms with van der Waals surface area (Å²) >= 11 is 0. The highest BCUT2D eigenvalue weighted by atomic mass is 16.6. The average molecular weight is 903 g/mol. The van der Waals surface area contributed by atoms with Crippen LogP contribution in [0.4, 0.5) is 0 Å². The molecule has 0 saturated heterocycles. The number of aliphatic hydroxyl groups excluding tert-OH is 2. The summed E-state index contributed by atoms with van der Waals surface area (Å²) in [6.45, 7) is 0. The first-order valence-corrected chi connectivity index (χ1v) is 18.7. The van der Waals surface area contributed by atoms with E-state index in [-0.39, 0.29) is 70.3 Å². The van der Waals surface area contributed by atoms with Gasteiger partial charge in [0.15, 0.2) is 57.5 Å². The van der Waals surface area contributed by atoms with E-state index >= 15 is 0 Å². The van der Waals surface area contributed by atoms with Crippen LogP contribution in [0.3, 0.4) is 0 Å². The zero-order chi connectivity index (χ0) is 47.6. The average Bonchev–Trinajstić information content (AvgIpc) is 3.24. The summed E-state index contributed by atoms with van der Waals surface area (Å²) < 4.78 is 15.7. The van der Waals surface area contributed by atoms with E-state index in [1.807, 2.05) is 0 Å². The number of aliphatic hydroxyl groups is 2. The summed E-state index contributed by atoms with van der Waals surface area (Å²) in [5.41, 5.74) is 0.924. The van der Waals surface area contributed by atoms with E-state index in [0.717, 1.165) is 24.3 Å². The lowest BCUT2D eigenvalue weighted by molar-refractivity contribution is 0.0196. The fourth-order valence-corrected chi connectivity index (χ4v) is 6.58. The van der Waals surface area contributed by atoms with E-state index in [0.29, 0.717) is 22.3 Å². The van der Waals surface area contributed by atoms with Crippen molar-refractivity contribution in [1.82, 2.24) is 0 Å². The van der Waals surface area contributed by atoms with E-state index in [4.69, 9.17) is 19.7 Å². The number of esters is 2. The number of phenolic OH excluding ortho intramolecular Hbond substituents is 14. The highest BCUT2D eigenvalue weighted by molar-refractivity contribution is 6.03. The molecule has 0 bridgehead atoms. The van der Waals surface area contributed by atoms with Gasteiger partial charge in [-0.25, -0.2) is 9.59 Å². The highest BCUT2D eigenvalue weighted by Gasteiger charge is 2.34. The third-order valence-corrected chi connectivity index (χ3v) is 9.83. The van der Waals surface area contributed by atoms with Crippen LogP contribution in [-0.2, 0) is 17.6 Å². The molecule has 0 amide bonds. The van der Waals surface area contributed by atoms with Gasteiger partial charge in [-0.3, -0.25) is 0 Å². The van der Waals surface area contributed by atoms with Gasteiger partial charge in [0.25, 0.3) is 0 Å². The van der Waals surface area contributed by atoms with Gasteiger partial charge in [-0.05, 0) is 59.7 Å². The number of fused-ring (bicyclic) bond motifs is 2. The fraction of sp³-hybridized carbons (Fsp3) is 0.136. The monoisotopic (exact) mass is 902 g/mol. The van der Waals surface area contributed by atoms with Gasteiger partial charge in [0.2, 0.25) is 0 Å². The molecule has 16 N–H and O–H groups in total. The second-order valence-corrected chi connectivity index (χ2v) is 14.4. The van der Waals surface area contributed by atoms with Gasteiger partial charge >= 0.3 is 11.9 Å². The van der Waals surface area contributed by atoms with Crippen LogP contribution in [0, 0.1) is 0 Å². The summed E-state index contributed by atoms with van der Waals surface area (Å²) in [7, 11) is 0. The molecule has 340 valence electrons. The number of rotatable bonds is 4. The van der Waals surface area contributed by atoms with E-state index in [1.165, 1.54) is 60.7 Å². The number of phenols is 14. The molecule has 0 fully saturated rings. The van der Waals surface area contributed by atoms with Crippen molar-refractivity contribution in [3.63, 3.8) is 0 Å². The van der Waals surface area contributed by atoms with Gasteiger partial charge in [0.05, 0.1) is 23.3 Å². The van der Waals surface area contributed by atoms with Crippen LogP contribution < -0.4 is 9.47 Å². The summed E-state index contributed by atoms with van der Waals surface area (Å²) in [5, 5.41) is 152. The molecule has 0 radical (unpaired) electrons. The molecule has 65 heavy (non-hydrogen) atoms. The molecule has 0 unspecified atom stereocenters. The van der Waals surface area contributed by atoms with Crippen molar-refractivity contribution in [3.8, 4) is 92.0 Å². The molecule has 6 aromatic rings. The predicted octanol–water partition coefficient (Wildman–Crippen LogP) is 4.01. The molecule has 4 atom stereocenters. The van der Waals surface area contributed by atoms with Gasteiger partial charge in [-0.2, -0.15) is 0 Å². The third kappa shape index (κ3) is 9.96.